The van der Waals surface area contributed by atoms with E-state index in [-0.39, 0.29) is 17.2 Å². The number of nitrogens with one attached hydrogen (secondary N) is 1. The lowest BCUT2D eigenvalue weighted by Gasteiger charge is -2.35. The smallest absolute Gasteiger partial charge is 0.254 e. The van der Waals surface area contributed by atoms with Crippen molar-refractivity contribution in [2.75, 3.05) is 38.0 Å². The number of hydrogen-bond donors (Lipinski definition) is 2. The normalized spacial score (nSPS) is 22.4. The summed E-state index contributed by atoms with van der Waals surface area (Å²) in [4.78, 5) is 34.1. The number of hydrogen-bond acceptors (Lipinski definition) is 5. The summed E-state index contributed by atoms with van der Waals surface area (Å²) in [6.45, 7) is 2.91. The van der Waals surface area contributed by atoms with E-state index in [2.05, 4.69) is 17.4 Å². The number of amides is 2. The van der Waals surface area contributed by atoms with Gasteiger partial charge in [-0.3, -0.25) is 14.6 Å². The summed E-state index contributed by atoms with van der Waals surface area (Å²) in [5.41, 5.74) is 4.05. The lowest BCUT2D eigenvalue weighted by atomic mass is 9.75. The highest BCUT2D eigenvalue weighted by Gasteiger charge is 2.50. The molecule has 2 N–H and O–H groups in total. The fourth-order valence-electron chi connectivity index (χ4n) is 6.22. The second kappa shape index (κ2) is 9.18. The molecule has 2 aromatic rings. The molecular weight excluding hydrogens is 452 g/mol. The van der Waals surface area contributed by atoms with Crippen LogP contribution in [0.2, 0.25) is 0 Å². The monoisotopic (exact) mass is 488 g/mol. The molecule has 190 valence electrons. The number of pyridine rings is 1. The minimum Gasteiger partial charge on any atom is -0.383 e. The number of benzene rings is 1. The number of aliphatic hydroxyl groups is 1. The van der Waals surface area contributed by atoms with Gasteiger partial charge in [0.15, 0.2) is 0 Å². The van der Waals surface area contributed by atoms with Crippen molar-refractivity contribution in [3.05, 3.63) is 47.7 Å². The van der Waals surface area contributed by atoms with Gasteiger partial charge in [0.05, 0.1) is 17.1 Å². The van der Waals surface area contributed by atoms with E-state index in [1.54, 1.807) is 9.80 Å². The fourth-order valence-corrected chi connectivity index (χ4v) is 6.22. The third kappa shape index (κ3) is 4.27. The van der Waals surface area contributed by atoms with Gasteiger partial charge in [-0.05, 0) is 49.9 Å². The Balaban J connectivity index is 1.14. The van der Waals surface area contributed by atoms with Crippen molar-refractivity contribution in [1.29, 1.82) is 0 Å². The van der Waals surface area contributed by atoms with E-state index in [1.807, 2.05) is 24.3 Å². The molecule has 36 heavy (non-hydrogen) atoms. The van der Waals surface area contributed by atoms with Crippen molar-refractivity contribution >= 4 is 17.5 Å². The number of piperazine rings is 1. The minimum absolute atomic E-state index is 0.0154. The maximum Gasteiger partial charge on any atom is 0.254 e. The van der Waals surface area contributed by atoms with Crippen LogP contribution in [0, 0.1) is 0 Å². The molecule has 4 aliphatic rings. The van der Waals surface area contributed by atoms with E-state index in [0.717, 1.165) is 17.8 Å². The van der Waals surface area contributed by atoms with E-state index in [9.17, 15) is 14.7 Å². The predicted octanol–water partition coefficient (Wildman–Crippen LogP) is 3.97. The van der Waals surface area contributed by atoms with Gasteiger partial charge in [0, 0.05) is 49.3 Å². The summed E-state index contributed by atoms with van der Waals surface area (Å²) in [7, 11) is 0. The second-order valence-corrected chi connectivity index (χ2v) is 11.2. The first-order valence-electron chi connectivity index (χ1n) is 13.6. The Morgan fingerprint density at radius 3 is 2.11 bits per heavy atom. The molecule has 1 aromatic carbocycles. The standard InChI is InChI=1S/C29H36N4O3/c34-26(32-16-18-33(19-17-32)27(35)29(36)14-15-29)22-8-6-21(7-9-22)23-10-11-24-25(31-23)28(20-30-24)12-4-2-1-3-5-13-28/h6-11,30,36H,1-5,12-20H2. The predicted molar refractivity (Wildman–Crippen MR) is 139 cm³/mol. The van der Waals surface area contributed by atoms with Crippen molar-refractivity contribution in [3.63, 3.8) is 0 Å². The number of rotatable bonds is 3. The number of anilines is 1. The van der Waals surface area contributed by atoms with Crippen molar-refractivity contribution in [2.24, 2.45) is 0 Å². The third-order valence-electron chi connectivity index (χ3n) is 8.73. The van der Waals surface area contributed by atoms with Crippen LogP contribution in [0.15, 0.2) is 36.4 Å². The first-order valence-corrected chi connectivity index (χ1v) is 13.6. The molecule has 2 saturated carbocycles. The number of aromatic nitrogens is 1. The Kier molecular flexibility index (Phi) is 5.98. The van der Waals surface area contributed by atoms with Crippen LogP contribution in [0.25, 0.3) is 11.3 Å². The molecule has 3 heterocycles. The van der Waals surface area contributed by atoms with E-state index >= 15 is 0 Å². The highest BCUT2D eigenvalue weighted by molar-refractivity contribution is 5.95. The zero-order valence-electron chi connectivity index (χ0n) is 21.0. The van der Waals surface area contributed by atoms with Crippen molar-refractivity contribution in [1.82, 2.24) is 14.8 Å². The summed E-state index contributed by atoms with van der Waals surface area (Å²) in [6.07, 6.45) is 10.0. The Morgan fingerprint density at radius 2 is 1.44 bits per heavy atom. The van der Waals surface area contributed by atoms with Crippen LogP contribution < -0.4 is 5.32 Å². The van der Waals surface area contributed by atoms with Crippen molar-refractivity contribution in [3.8, 4) is 11.3 Å². The number of carbonyl (C=O) groups excluding carboxylic acids is 2. The number of fused-ring (bicyclic) bond motifs is 2. The zero-order chi connectivity index (χ0) is 24.8. The highest BCUT2D eigenvalue weighted by Crippen LogP contribution is 2.45. The first kappa shape index (κ1) is 23.5. The molecule has 1 aromatic heterocycles. The first-order chi connectivity index (χ1) is 17.5. The Hall–Kier alpha value is -2.93. The molecule has 2 aliphatic heterocycles. The SMILES string of the molecule is O=C(c1ccc(-c2ccc3c(n2)C2(CCCCCCC2)CN3)cc1)N1CCN(C(=O)C2(O)CC2)CC1. The van der Waals surface area contributed by atoms with Crippen LogP contribution in [-0.4, -0.2) is 70.0 Å². The van der Waals surface area contributed by atoms with Gasteiger partial charge in [0.1, 0.15) is 5.60 Å². The van der Waals surface area contributed by atoms with E-state index < -0.39 is 5.60 Å². The van der Waals surface area contributed by atoms with Gasteiger partial charge >= 0.3 is 0 Å². The van der Waals surface area contributed by atoms with Gasteiger partial charge < -0.3 is 20.2 Å². The number of nitrogens with zero attached hydrogens (tertiary/aromatic N) is 3. The molecule has 0 unspecified atom stereocenters. The van der Waals surface area contributed by atoms with Crippen molar-refractivity contribution in [2.45, 2.75) is 68.8 Å². The third-order valence-corrected chi connectivity index (χ3v) is 8.73. The van der Waals surface area contributed by atoms with Crippen LogP contribution in [0.4, 0.5) is 5.69 Å². The van der Waals surface area contributed by atoms with Gasteiger partial charge in [-0.15, -0.1) is 0 Å². The Labute approximate surface area is 212 Å². The summed E-state index contributed by atoms with van der Waals surface area (Å²) >= 11 is 0. The van der Waals surface area contributed by atoms with Crippen LogP contribution >= 0.6 is 0 Å². The maximum atomic E-state index is 13.1. The average molecular weight is 489 g/mol. The van der Waals surface area contributed by atoms with Gasteiger partial charge in [0.2, 0.25) is 0 Å². The summed E-state index contributed by atoms with van der Waals surface area (Å²) < 4.78 is 0. The summed E-state index contributed by atoms with van der Waals surface area (Å²) in [5, 5.41) is 13.7. The molecule has 7 nitrogen and oxygen atoms in total. The highest BCUT2D eigenvalue weighted by atomic mass is 16.3. The molecule has 0 bridgehead atoms. The summed E-state index contributed by atoms with van der Waals surface area (Å²) in [5.74, 6) is -0.199. The van der Waals surface area contributed by atoms with E-state index in [4.69, 9.17) is 4.98 Å². The molecule has 6 rings (SSSR count). The zero-order valence-corrected chi connectivity index (χ0v) is 21.0. The molecule has 2 amide bonds. The number of carbonyl (C=O) groups is 2. The molecule has 2 aliphatic carbocycles. The van der Waals surface area contributed by atoms with Gasteiger partial charge in [0.25, 0.3) is 11.8 Å². The lowest BCUT2D eigenvalue weighted by molar-refractivity contribution is -0.143. The van der Waals surface area contributed by atoms with Crippen LogP contribution in [0.3, 0.4) is 0 Å². The maximum absolute atomic E-state index is 13.1. The molecule has 0 radical (unpaired) electrons. The topological polar surface area (TPSA) is 85.8 Å². The minimum atomic E-state index is -1.14. The van der Waals surface area contributed by atoms with Crippen LogP contribution in [-0.2, 0) is 10.2 Å². The van der Waals surface area contributed by atoms with E-state index in [1.165, 1.54) is 56.3 Å². The molecular formula is C29H36N4O3. The molecule has 7 heteroatoms. The summed E-state index contributed by atoms with van der Waals surface area (Å²) in [6, 6.07) is 12.0. The Morgan fingerprint density at radius 1 is 0.806 bits per heavy atom. The lowest BCUT2D eigenvalue weighted by Crippen LogP contribution is -2.53. The van der Waals surface area contributed by atoms with Gasteiger partial charge in [-0.25, -0.2) is 0 Å². The molecule has 3 fully saturated rings. The molecule has 0 atom stereocenters. The van der Waals surface area contributed by atoms with E-state index in [0.29, 0.717) is 44.6 Å². The molecule has 1 spiro atoms. The van der Waals surface area contributed by atoms with Crippen LogP contribution in [0.5, 0.6) is 0 Å². The average Bonchev–Trinajstić information content (AvgIpc) is 3.56. The van der Waals surface area contributed by atoms with Crippen LogP contribution in [0.1, 0.15) is 73.8 Å². The quantitative estimate of drug-likeness (QED) is 0.683. The largest absolute Gasteiger partial charge is 0.383 e. The van der Waals surface area contributed by atoms with Gasteiger partial charge in [-0.1, -0.05) is 44.2 Å². The second-order valence-electron chi connectivity index (χ2n) is 11.2. The van der Waals surface area contributed by atoms with Crippen molar-refractivity contribution < 1.29 is 14.7 Å². The molecule has 1 saturated heterocycles. The Bertz CT molecular complexity index is 1140. The van der Waals surface area contributed by atoms with Gasteiger partial charge in [-0.2, -0.15) is 0 Å². The fraction of sp³-hybridized carbons (Fsp3) is 0.552.